The van der Waals surface area contributed by atoms with Crippen molar-refractivity contribution in [1.29, 1.82) is 0 Å². The van der Waals surface area contributed by atoms with Crippen LogP contribution in [0.15, 0.2) is 53.4 Å². The number of ether oxygens (including phenoxy) is 1. The van der Waals surface area contributed by atoms with Gasteiger partial charge in [0.15, 0.2) is 0 Å². The van der Waals surface area contributed by atoms with Crippen molar-refractivity contribution in [3.05, 3.63) is 64.9 Å². The molecule has 0 bridgehead atoms. The molecule has 0 saturated heterocycles. The van der Waals surface area contributed by atoms with E-state index in [-0.39, 0.29) is 33.2 Å². The molecule has 8 nitrogen and oxygen atoms in total. The third-order valence-electron chi connectivity index (χ3n) is 4.75. The van der Waals surface area contributed by atoms with Crippen LogP contribution in [0, 0.1) is 0 Å². The fraction of sp³-hybridized carbons (Fsp3) is 0.273. The van der Waals surface area contributed by atoms with E-state index >= 15 is 0 Å². The van der Waals surface area contributed by atoms with Gasteiger partial charge in [0.05, 0.1) is 23.5 Å². The number of hydrogen-bond acceptors (Lipinski definition) is 5. The Bertz CT molecular complexity index is 1240. The van der Waals surface area contributed by atoms with E-state index in [2.05, 4.69) is 15.1 Å². The molecule has 0 unspecified atom stereocenters. The molecule has 2 aromatic carbocycles. The van der Waals surface area contributed by atoms with Gasteiger partial charge < -0.3 is 10.1 Å². The molecule has 170 valence electrons. The number of aryl methyl sites for hydroxylation is 1. The van der Waals surface area contributed by atoms with Crippen LogP contribution in [-0.2, 0) is 16.6 Å². The van der Waals surface area contributed by atoms with Gasteiger partial charge in [0.25, 0.3) is 15.9 Å². The zero-order valence-corrected chi connectivity index (χ0v) is 19.8. The van der Waals surface area contributed by atoms with Gasteiger partial charge in [-0.15, -0.1) is 0 Å². The van der Waals surface area contributed by atoms with Crippen LogP contribution < -0.4 is 14.8 Å². The maximum Gasteiger partial charge on any atom is 0.273 e. The SMILES string of the molecule is CCn1nc(C(C)C)cc1C(=O)Nc1ccc(OC)c(S(=O)(=O)Nc2ccccc2Cl)c1. The molecule has 32 heavy (non-hydrogen) atoms. The molecule has 0 saturated carbocycles. The molecule has 0 fully saturated rings. The average Bonchev–Trinajstić information content (AvgIpc) is 3.20. The largest absolute Gasteiger partial charge is 0.495 e. The first kappa shape index (κ1) is 23.6. The molecular formula is C22H25ClN4O4S. The van der Waals surface area contributed by atoms with Crippen LogP contribution in [0.3, 0.4) is 0 Å². The Kier molecular flexibility index (Phi) is 7.10. The number of methoxy groups -OCH3 is 1. The molecule has 3 aromatic rings. The summed E-state index contributed by atoms with van der Waals surface area (Å²) in [4.78, 5) is 12.8. The molecule has 0 aliphatic carbocycles. The lowest BCUT2D eigenvalue weighted by molar-refractivity contribution is 0.101. The maximum atomic E-state index is 13.0. The topological polar surface area (TPSA) is 102 Å². The molecule has 0 radical (unpaired) electrons. The monoisotopic (exact) mass is 476 g/mol. The minimum Gasteiger partial charge on any atom is -0.495 e. The van der Waals surface area contributed by atoms with E-state index in [4.69, 9.17) is 16.3 Å². The quantitative estimate of drug-likeness (QED) is 0.488. The molecule has 0 aliphatic heterocycles. The normalized spacial score (nSPS) is 11.4. The highest BCUT2D eigenvalue weighted by Gasteiger charge is 2.23. The number of carbonyl (C=O) groups excluding carboxylic acids is 1. The summed E-state index contributed by atoms with van der Waals surface area (Å²) in [6.45, 7) is 6.42. The van der Waals surface area contributed by atoms with Gasteiger partial charge in [-0.2, -0.15) is 5.10 Å². The van der Waals surface area contributed by atoms with E-state index in [1.54, 1.807) is 41.1 Å². The molecular weight excluding hydrogens is 452 g/mol. The van der Waals surface area contributed by atoms with E-state index in [1.165, 1.54) is 19.2 Å². The Morgan fingerprint density at radius 1 is 1.19 bits per heavy atom. The summed E-state index contributed by atoms with van der Waals surface area (Å²) >= 11 is 6.09. The van der Waals surface area contributed by atoms with Gasteiger partial charge in [0.2, 0.25) is 0 Å². The van der Waals surface area contributed by atoms with Crippen LogP contribution in [-0.4, -0.2) is 31.2 Å². The second-order valence-corrected chi connectivity index (χ2v) is 9.39. The number of rotatable bonds is 8. The molecule has 1 aromatic heterocycles. The third-order valence-corrected chi connectivity index (χ3v) is 6.47. The number of anilines is 2. The number of para-hydroxylation sites is 1. The number of amides is 1. The minimum absolute atomic E-state index is 0.128. The standard InChI is InChI=1S/C22H25ClN4O4S/c1-5-27-19(13-18(25-27)14(2)3)22(28)24-15-10-11-20(31-4)21(12-15)32(29,30)26-17-9-7-6-8-16(17)23/h6-14,26H,5H2,1-4H3,(H,24,28). The van der Waals surface area contributed by atoms with E-state index < -0.39 is 10.0 Å². The van der Waals surface area contributed by atoms with Crippen molar-refractivity contribution in [3.8, 4) is 5.75 Å². The van der Waals surface area contributed by atoms with Crippen LogP contribution in [0.25, 0.3) is 0 Å². The first-order valence-corrected chi connectivity index (χ1v) is 11.9. The van der Waals surface area contributed by atoms with Crippen molar-refractivity contribution in [2.24, 2.45) is 0 Å². The Labute approximate surface area is 192 Å². The van der Waals surface area contributed by atoms with Gasteiger partial charge in [0.1, 0.15) is 16.3 Å². The van der Waals surface area contributed by atoms with Crippen LogP contribution in [0.2, 0.25) is 5.02 Å². The van der Waals surface area contributed by atoms with Crippen LogP contribution in [0.4, 0.5) is 11.4 Å². The van der Waals surface area contributed by atoms with Crippen molar-refractivity contribution < 1.29 is 17.9 Å². The fourth-order valence-electron chi connectivity index (χ4n) is 3.05. The van der Waals surface area contributed by atoms with E-state index in [9.17, 15) is 13.2 Å². The van der Waals surface area contributed by atoms with Crippen molar-refractivity contribution in [2.75, 3.05) is 17.1 Å². The molecule has 2 N–H and O–H groups in total. The van der Waals surface area contributed by atoms with E-state index in [1.807, 2.05) is 20.8 Å². The molecule has 10 heteroatoms. The highest BCUT2D eigenvalue weighted by molar-refractivity contribution is 7.92. The zero-order chi connectivity index (χ0) is 23.5. The lowest BCUT2D eigenvalue weighted by Gasteiger charge is -2.14. The molecule has 0 atom stereocenters. The predicted octanol–water partition coefficient (Wildman–Crippen LogP) is 4.74. The van der Waals surface area contributed by atoms with Crippen molar-refractivity contribution in [2.45, 2.75) is 38.1 Å². The highest BCUT2D eigenvalue weighted by Crippen LogP contribution is 2.31. The number of hydrogen-bond donors (Lipinski definition) is 2. The van der Waals surface area contributed by atoms with Crippen LogP contribution >= 0.6 is 11.6 Å². The van der Waals surface area contributed by atoms with Gasteiger partial charge in [0, 0.05) is 12.2 Å². The lowest BCUT2D eigenvalue weighted by Crippen LogP contribution is -2.18. The van der Waals surface area contributed by atoms with E-state index in [0.29, 0.717) is 17.9 Å². The number of carbonyl (C=O) groups is 1. The third kappa shape index (κ3) is 5.05. The molecule has 0 spiro atoms. The van der Waals surface area contributed by atoms with Gasteiger partial charge in [-0.25, -0.2) is 8.42 Å². The number of nitrogens with one attached hydrogen (secondary N) is 2. The smallest absolute Gasteiger partial charge is 0.273 e. The fourth-order valence-corrected chi connectivity index (χ4v) is 4.56. The summed E-state index contributed by atoms with van der Waals surface area (Å²) < 4.78 is 35.4. The van der Waals surface area contributed by atoms with Crippen molar-refractivity contribution in [3.63, 3.8) is 0 Å². The summed E-state index contributed by atoms with van der Waals surface area (Å²) in [6, 6.07) is 12.6. The molecule has 1 heterocycles. The summed E-state index contributed by atoms with van der Waals surface area (Å²) in [6.07, 6.45) is 0. The predicted molar refractivity (Wildman–Crippen MR) is 125 cm³/mol. The highest BCUT2D eigenvalue weighted by atomic mass is 35.5. The van der Waals surface area contributed by atoms with Crippen LogP contribution in [0.5, 0.6) is 5.75 Å². The van der Waals surface area contributed by atoms with E-state index in [0.717, 1.165) is 5.69 Å². The summed E-state index contributed by atoms with van der Waals surface area (Å²) in [5.41, 5.74) is 1.73. The van der Waals surface area contributed by atoms with Gasteiger partial charge in [-0.1, -0.05) is 37.6 Å². The van der Waals surface area contributed by atoms with Crippen LogP contribution in [0.1, 0.15) is 42.9 Å². The first-order chi connectivity index (χ1) is 15.2. The first-order valence-electron chi connectivity index (χ1n) is 10.0. The van der Waals surface area contributed by atoms with Crippen molar-refractivity contribution >= 4 is 38.9 Å². The summed E-state index contributed by atoms with van der Waals surface area (Å²) in [5, 5.41) is 7.46. The molecule has 1 amide bonds. The Morgan fingerprint density at radius 3 is 2.53 bits per heavy atom. The zero-order valence-electron chi connectivity index (χ0n) is 18.2. The average molecular weight is 477 g/mol. The maximum absolute atomic E-state index is 13.0. The number of benzene rings is 2. The second-order valence-electron chi connectivity index (χ2n) is 7.33. The number of halogens is 1. The molecule has 3 rings (SSSR count). The Balaban J connectivity index is 1.93. The van der Waals surface area contributed by atoms with Crippen molar-refractivity contribution in [1.82, 2.24) is 9.78 Å². The number of sulfonamides is 1. The number of nitrogens with zero attached hydrogens (tertiary/aromatic N) is 2. The minimum atomic E-state index is -4.05. The summed E-state index contributed by atoms with van der Waals surface area (Å²) in [5.74, 6) is -0.0926. The lowest BCUT2D eigenvalue weighted by atomic mass is 10.1. The molecule has 0 aliphatic rings. The Hall–Kier alpha value is -3.04. The summed E-state index contributed by atoms with van der Waals surface area (Å²) in [7, 11) is -2.68. The number of aromatic nitrogens is 2. The van der Waals surface area contributed by atoms with Gasteiger partial charge >= 0.3 is 0 Å². The van der Waals surface area contributed by atoms with Gasteiger partial charge in [-0.05, 0) is 49.2 Å². The second kappa shape index (κ2) is 9.62. The Morgan fingerprint density at radius 2 is 1.91 bits per heavy atom. The van der Waals surface area contributed by atoms with Gasteiger partial charge in [-0.3, -0.25) is 14.2 Å².